The van der Waals surface area contributed by atoms with Gasteiger partial charge in [0.05, 0.1) is 17.4 Å². The van der Waals surface area contributed by atoms with E-state index in [1.54, 1.807) is 36.5 Å². The summed E-state index contributed by atoms with van der Waals surface area (Å²) in [5, 5.41) is 8.77. The van der Waals surface area contributed by atoms with Crippen LogP contribution in [-0.4, -0.2) is 16.8 Å². The molecule has 3 aromatic rings. The molecule has 0 saturated carbocycles. The van der Waals surface area contributed by atoms with E-state index in [-0.39, 0.29) is 11.8 Å². The zero-order valence-corrected chi connectivity index (χ0v) is 15.8. The number of hydrogen-bond donors (Lipinski definition) is 3. The van der Waals surface area contributed by atoms with Gasteiger partial charge < -0.3 is 16.0 Å². The number of hydrogen-bond acceptors (Lipinski definition) is 4. The number of nitrogens with one attached hydrogen (secondary N) is 3. The van der Waals surface area contributed by atoms with Gasteiger partial charge in [0, 0.05) is 30.2 Å². The molecule has 0 aliphatic rings. The van der Waals surface area contributed by atoms with E-state index in [0.717, 1.165) is 17.8 Å². The molecule has 142 valence electrons. The minimum Gasteiger partial charge on any atom is -0.354 e. The third kappa shape index (κ3) is 5.17. The molecule has 6 nitrogen and oxygen atoms in total. The van der Waals surface area contributed by atoms with E-state index >= 15 is 0 Å². The van der Waals surface area contributed by atoms with Crippen molar-refractivity contribution in [3.63, 3.8) is 0 Å². The number of carbonyl (C=O) groups excluding carboxylic acids is 2. The van der Waals surface area contributed by atoms with Crippen LogP contribution in [0.25, 0.3) is 0 Å². The summed E-state index contributed by atoms with van der Waals surface area (Å²) in [4.78, 5) is 27.7. The highest BCUT2D eigenvalue weighted by Crippen LogP contribution is 2.19. The van der Waals surface area contributed by atoms with Gasteiger partial charge in [-0.2, -0.15) is 0 Å². The lowest BCUT2D eigenvalue weighted by molar-refractivity contribution is -0.114. The predicted molar refractivity (Wildman–Crippen MR) is 112 cm³/mol. The SMILES string of the molecule is CCc1ccc(Nc2cncc(C(=O)Nc3ccc(NC(C)=O)cc3)c2)cc1. The Morgan fingerprint density at radius 3 is 2.04 bits per heavy atom. The van der Waals surface area contributed by atoms with Crippen molar-refractivity contribution < 1.29 is 9.59 Å². The lowest BCUT2D eigenvalue weighted by atomic mass is 10.1. The van der Waals surface area contributed by atoms with Crippen molar-refractivity contribution in [3.8, 4) is 0 Å². The van der Waals surface area contributed by atoms with Gasteiger partial charge in [0.2, 0.25) is 5.91 Å². The molecule has 3 rings (SSSR count). The van der Waals surface area contributed by atoms with Gasteiger partial charge in [-0.15, -0.1) is 0 Å². The Hall–Kier alpha value is -3.67. The summed E-state index contributed by atoms with van der Waals surface area (Å²) in [5.74, 6) is -0.402. The van der Waals surface area contributed by atoms with E-state index in [2.05, 4.69) is 40.0 Å². The fraction of sp³-hybridized carbons (Fsp3) is 0.136. The highest BCUT2D eigenvalue weighted by Gasteiger charge is 2.08. The molecule has 0 radical (unpaired) electrons. The van der Waals surface area contributed by atoms with Crippen molar-refractivity contribution in [2.75, 3.05) is 16.0 Å². The average molecular weight is 374 g/mol. The van der Waals surface area contributed by atoms with Crippen LogP contribution in [0.15, 0.2) is 67.0 Å². The Balaban J connectivity index is 1.66. The maximum absolute atomic E-state index is 12.5. The van der Waals surface area contributed by atoms with Crippen LogP contribution in [0.4, 0.5) is 22.7 Å². The molecule has 0 atom stereocenters. The van der Waals surface area contributed by atoms with Gasteiger partial charge in [-0.1, -0.05) is 19.1 Å². The summed E-state index contributed by atoms with van der Waals surface area (Å²) in [6.07, 6.45) is 4.18. The number of aromatic nitrogens is 1. The molecule has 0 aliphatic carbocycles. The lowest BCUT2D eigenvalue weighted by Gasteiger charge is -2.10. The molecule has 6 heteroatoms. The number of amides is 2. The number of rotatable bonds is 6. The molecular formula is C22H22N4O2. The highest BCUT2D eigenvalue weighted by molar-refractivity contribution is 6.04. The molecule has 2 aromatic carbocycles. The predicted octanol–water partition coefficient (Wildman–Crippen LogP) is 4.60. The van der Waals surface area contributed by atoms with E-state index in [4.69, 9.17) is 0 Å². The first-order chi connectivity index (χ1) is 13.5. The summed E-state index contributed by atoms with van der Waals surface area (Å²) in [6.45, 7) is 3.56. The molecular weight excluding hydrogens is 352 g/mol. The van der Waals surface area contributed by atoms with Gasteiger partial charge in [-0.05, 0) is 54.4 Å². The van der Waals surface area contributed by atoms with E-state index in [9.17, 15) is 9.59 Å². The third-order valence-corrected chi connectivity index (χ3v) is 4.11. The number of pyridine rings is 1. The third-order valence-electron chi connectivity index (χ3n) is 4.11. The Labute approximate surface area is 164 Å². The number of aryl methyl sites for hydroxylation is 1. The normalized spacial score (nSPS) is 10.2. The van der Waals surface area contributed by atoms with Gasteiger partial charge >= 0.3 is 0 Å². The Morgan fingerprint density at radius 1 is 0.821 bits per heavy atom. The first-order valence-corrected chi connectivity index (χ1v) is 9.03. The summed E-state index contributed by atoms with van der Waals surface area (Å²) < 4.78 is 0. The van der Waals surface area contributed by atoms with Crippen LogP contribution in [0.2, 0.25) is 0 Å². The Morgan fingerprint density at radius 2 is 1.43 bits per heavy atom. The monoisotopic (exact) mass is 374 g/mol. The lowest BCUT2D eigenvalue weighted by Crippen LogP contribution is -2.12. The second-order valence-electron chi connectivity index (χ2n) is 6.35. The van der Waals surface area contributed by atoms with Gasteiger partial charge in [0.1, 0.15) is 0 Å². The van der Waals surface area contributed by atoms with Gasteiger partial charge in [0.15, 0.2) is 0 Å². The van der Waals surface area contributed by atoms with Crippen LogP contribution in [0.3, 0.4) is 0 Å². The minimum atomic E-state index is -0.259. The number of carbonyl (C=O) groups is 2. The molecule has 3 N–H and O–H groups in total. The van der Waals surface area contributed by atoms with Crippen molar-refractivity contribution in [1.82, 2.24) is 4.98 Å². The van der Waals surface area contributed by atoms with Gasteiger partial charge in [0.25, 0.3) is 5.91 Å². The molecule has 1 heterocycles. The van der Waals surface area contributed by atoms with Gasteiger partial charge in [-0.25, -0.2) is 0 Å². The van der Waals surface area contributed by atoms with E-state index < -0.39 is 0 Å². The van der Waals surface area contributed by atoms with Crippen LogP contribution < -0.4 is 16.0 Å². The van der Waals surface area contributed by atoms with Crippen LogP contribution in [0.5, 0.6) is 0 Å². The summed E-state index contributed by atoms with van der Waals surface area (Å²) in [6, 6.07) is 16.8. The van der Waals surface area contributed by atoms with Crippen LogP contribution in [-0.2, 0) is 11.2 Å². The summed E-state index contributed by atoms with van der Waals surface area (Å²) >= 11 is 0. The molecule has 0 aliphatic heterocycles. The molecule has 0 fully saturated rings. The molecule has 28 heavy (non-hydrogen) atoms. The Kier molecular flexibility index (Phi) is 6.01. The Bertz CT molecular complexity index is 967. The maximum Gasteiger partial charge on any atom is 0.257 e. The molecule has 0 spiro atoms. The van der Waals surface area contributed by atoms with Crippen molar-refractivity contribution in [1.29, 1.82) is 0 Å². The van der Waals surface area contributed by atoms with Crippen LogP contribution in [0.1, 0.15) is 29.8 Å². The minimum absolute atomic E-state index is 0.142. The average Bonchev–Trinajstić information content (AvgIpc) is 2.70. The van der Waals surface area contributed by atoms with Crippen molar-refractivity contribution >= 4 is 34.6 Å². The molecule has 0 saturated heterocycles. The largest absolute Gasteiger partial charge is 0.354 e. The zero-order valence-electron chi connectivity index (χ0n) is 15.8. The quantitative estimate of drug-likeness (QED) is 0.589. The smallest absolute Gasteiger partial charge is 0.257 e. The molecule has 0 bridgehead atoms. The zero-order chi connectivity index (χ0) is 19.9. The van der Waals surface area contributed by atoms with E-state index in [0.29, 0.717) is 16.9 Å². The topological polar surface area (TPSA) is 83.1 Å². The first kappa shape index (κ1) is 19.1. The maximum atomic E-state index is 12.5. The number of nitrogens with zero attached hydrogens (tertiary/aromatic N) is 1. The molecule has 1 aromatic heterocycles. The second kappa shape index (κ2) is 8.81. The van der Waals surface area contributed by atoms with Crippen molar-refractivity contribution in [3.05, 3.63) is 78.1 Å². The van der Waals surface area contributed by atoms with Crippen LogP contribution in [0, 0.1) is 0 Å². The van der Waals surface area contributed by atoms with Gasteiger partial charge in [-0.3, -0.25) is 14.6 Å². The number of anilines is 4. The van der Waals surface area contributed by atoms with E-state index in [1.165, 1.54) is 18.7 Å². The van der Waals surface area contributed by atoms with E-state index in [1.807, 2.05) is 12.1 Å². The van der Waals surface area contributed by atoms with Crippen molar-refractivity contribution in [2.24, 2.45) is 0 Å². The fourth-order valence-corrected chi connectivity index (χ4v) is 2.67. The molecule has 0 unspecified atom stereocenters. The second-order valence-corrected chi connectivity index (χ2v) is 6.35. The standard InChI is InChI=1S/C22H22N4O2/c1-3-16-4-6-19(7-5-16)25-21-12-17(13-23-14-21)22(28)26-20-10-8-18(9-11-20)24-15(2)27/h4-14,25H,3H2,1-2H3,(H,24,27)(H,26,28). The van der Waals surface area contributed by atoms with Crippen molar-refractivity contribution in [2.45, 2.75) is 20.3 Å². The summed E-state index contributed by atoms with van der Waals surface area (Å²) in [5.41, 5.74) is 4.69. The number of benzene rings is 2. The fourth-order valence-electron chi connectivity index (χ4n) is 2.67. The molecule has 2 amide bonds. The van der Waals surface area contributed by atoms with Crippen LogP contribution >= 0.6 is 0 Å². The first-order valence-electron chi connectivity index (χ1n) is 9.03. The highest BCUT2D eigenvalue weighted by atomic mass is 16.2. The summed E-state index contributed by atoms with van der Waals surface area (Å²) in [7, 11) is 0.